The van der Waals surface area contributed by atoms with E-state index in [2.05, 4.69) is 26.4 Å². The molecule has 2 heterocycles. The summed E-state index contributed by atoms with van der Waals surface area (Å²) in [5.74, 6) is 2.58. The molecule has 6 heteroatoms. The number of nitrogens with zero attached hydrogens (tertiary/aromatic N) is 4. The van der Waals surface area contributed by atoms with Gasteiger partial charge in [0.1, 0.15) is 0 Å². The van der Waals surface area contributed by atoms with Crippen LogP contribution < -0.4 is 0 Å². The van der Waals surface area contributed by atoms with Gasteiger partial charge in [-0.3, -0.25) is 9.97 Å². The van der Waals surface area contributed by atoms with Crippen LogP contribution in [0.3, 0.4) is 0 Å². The summed E-state index contributed by atoms with van der Waals surface area (Å²) in [5.41, 5.74) is 0.859. The maximum Gasteiger partial charge on any atom is 0.226 e. The average Bonchev–Trinajstić information content (AvgIpc) is 2.92. The second-order valence-electron chi connectivity index (χ2n) is 4.35. The van der Waals surface area contributed by atoms with E-state index < -0.39 is 0 Å². The Balaban J connectivity index is 1.93. The highest BCUT2D eigenvalue weighted by Crippen LogP contribution is 2.19. The number of hydrogen-bond acceptors (Lipinski definition) is 6. The Labute approximate surface area is 117 Å². The summed E-state index contributed by atoms with van der Waals surface area (Å²) in [6, 6.07) is 0. The third kappa shape index (κ3) is 4.02. The summed E-state index contributed by atoms with van der Waals surface area (Å²) in [5, 5.41) is 4.03. The van der Waals surface area contributed by atoms with E-state index in [1.807, 2.05) is 18.7 Å². The second-order valence-corrected chi connectivity index (χ2v) is 5.33. The van der Waals surface area contributed by atoms with Gasteiger partial charge in [0.05, 0.1) is 11.6 Å². The quantitative estimate of drug-likeness (QED) is 0.726. The highest BCUT2D eigenvalue weighted by Gasteiger charge is 2.16. The van der Waals surface area contributed by atoms with Crippen LogP contribution in [0.2, 0.25) is 0 Å². The van der Waals surface area contributed by atoms with E-state index in [1.165, 1.54) is 12.2 Å². The summed E-state index contributed by atoms with van der Waals surface area (Å²) < 4.78 is 5.27. The monoisotopic (exact) mass is 278 g/mol. The number of rotatable bonds is 7. The van der Waals surface area contributed by atoms with Crippen LogP contribution in [0.1, 0.15) is 43.1 Å². The Morgan fingerprint density at radius 3 is 2.95 bits per heavy atom. The van der Waals surface area contributed by atoms with E-state index in [9.17, 15) is 0 Å². The van der Waals surface area contributed by atoms with E-state index in [0.717, 1.165) is 18.5 Å². The molecule has 1 atom stereocenters. The van der Waals surface area contributed by atoms with Crippen molar-refractivity contribution in [2.24, 2.45) is 0 Å². The van der Waals surface area contributed by atoms with Crippen molar-refractivity contribution in [1.29, 1.82) is 0 Å². The predicted octanol–water partition coefficient (Wildman–Crippen LogP) is 2.70. The van der Waals surface area contributed by atoms with Crippen LogP contribution in [0.15, 0.2) is 23.1 Å². The molecule has 0 aliphatic heterocycles. The maximum absolute atomic E-state index is 5.27. The fourth-order valence-corrected chi connectivity index (χ4v) is 2.23. The molecule has 0 aliphatic carbocycles. The predicted molar refractivity (Wildman–Crippen MR) is 75.2 cm³/mol. The van der Waals surface area contributed by atoms with Crippen molar-refractivity contribution in [2.75, 3.05) is 12.0 Å². The Bertz CT molecular complexity index is 488. The minimum Gasteiger partial charge on any atom is -0.339 e. The zero-order chi connectivity index (χ0) is 13.5. The molecule has 2 aromatic heterocycles. The highest BCUT2D eigenvalue weighted by atomic mass is 32.2. The van der Waals surface area contributed by atoms with Crippen molar-refractivity contribution < 1.29 is 4.52 Å². The van der Waals surface area contributed by atoms with Crippen LogP contribution >= 0.6 is 11.8 Å². The Hall–Kier alpha value is -1.43. The molecule has 2 aromatic rings. The van der Waals surface area contributed by atoms with E-state index >= 15 is 0 Å². The molecule has 5 nitrogen and oxygen atoms in total. The van der Waals surface area contributed by atoms with Crippen LogP contribution in [-0.2, 0) is 6.42 Å². The van der Waals surface area contributed by atoms with Crippen molar-refractivity contribution in [1.82, 2.24) is 20.1 Å². The van der Waals surface area contributed by atoms with Gasteiger partial charge >= 0.3 is 0 Å². The van der Waals surface area contributed by atoms with Gasteiger partial charge in [-0.1, -0.05) is 5.16 Å². The first kappa shape index (κ1) is 14.0. The number of aryl methyl sites for hydroxylation is 1. The highest BCUT2D eigenvalue weighted by molar-refractivity contribution is 7.98. The first-order valence-electron chi connectivity index (χ1n) is 6.38. The molecule has 0 saturated carbocycles. The molecule has 1 unspecified atom stereocenters. The number of hydrogen-bond donors (Lipinski definition) is 0. The van der Waals surface area contributed by atoms with Gasteiger partial charge < -0.3 is 4.52 Å². The zero-order valence-corrected chi connectivity index (χ0v) is 12.1. The topological polar surface area (TPSA) is 64.7 Å². The zero-order valence-electron chi connectivity index (χ0n) is 11.2. The molecule has 0 amide bonds. The largest absolute Gasteiger partial charge is 0.339 e. The fourth-order valence-electron chi connectivity index (χ4n) is 1.73. The van der Waals surface area contributed by atoms with Crippen molar-refractivity contribution in [3.8, 4) is 0 Å². The van der Waals surface area contributed by atoms with Crippen molar-refractivity contribution in [3.63, 3.8) is 0 Å². The Morgan fingerprint density at radius 2 is 2.21 bits per heavy atom. The smallest absolute Gasteiger partial charge is 0.226 e. The SMILES string of the molecule is CSCCCCc1nc(C(C)c2cnccn2)no1. The molecule has 0 radical (unpaired) electrons. The molecule has 0 saturated heterocycles. The molecule has 0 aliphatic rings. The van der Waals surface area contributed by atoms with Gasteiger partial charge in [-0.15, -0.1) is 0 Å². The molecular weight excluding hydrogens is 260 g/mol. The van der Waals surface area contributed by atoms with Crippen LogP contribution in [0, 0.1) is 0 Å². The van der Waals surface area contributed by atoms with Crippen LogP contribution in [-0.4, -0.2) is 32.1 Å². The van der Waals surface area contributed by atoms with Crippen molar-refractivity contribution in [3.05, 3.63) is 36.0 Å². The summed E-state index contributed by atoms with van der Waals surface area (Å²) in [4.78, 5) is 12.8. The molecule has 19 heavy (non-hydrogen) atoms. The summed E-state index contributed by atoms with van der Waals surface area (Å²) in [7, 11) is 0. The lowest BCUT2D eigenvalue weighted by atomic mass is 10.1. The number of unbranched alkanes of at least 4 members (excludes halogenated alkanes) is 1. The number of aromatic nitrogens is 4. The maximum atomic E-state index is 5.27. The third-order valence-corrected chi connectivity index (χ3v) is 3.58. The average molecular weight is 278 g/mol. The lowest BCUT2D eigenvalue weighted by molar-refractivity contribution is 0.369. The third-order valence-electron chi connectivity index (χ3n) is 2.89. The van der Waals surface area contributed by atoms with Gasteiger partial charge in [-0.05, 0) is 31.8 Å². The summed E-state index contributed by atoms with van der Waals surface area (Å²) in [6.07, 6.45) is 10.3. The Morgan fingerprint density at radius 1 is 1.32 bits per heavy atom. The van der Waals surface area contributed by atoms with Gasteiger partial charge in [0.15, 0.2) is 5.82 Å². The summed E-state index contributed by atoms with van der Waals surface area (Å²) >= 11 is 1.86. The molecule has 0 fully saturated rings. The van der Waals surface area contributed by atoms with Gasteiger partial charge in [0.2, 0.25) is 5.89 Å². The molecule has 0 aromatic carbocycles. The molecule has 0 N–H and O–H groups in total. The molecular formula is C13H18N4OS. The standard InChI is InChI=1S/C13H18N4OS/c1-10(11-9-14-6-7-15-11)13-16-12(18-17-13)5-3-4-8-19-2/h6-7,9-10H,3-5,8H2,1-2H3. The van der Waals surface area contributed by atoms with Crippen LogP contribution in [0.5, 0.6) is 0 Å². The first-order chi connectivity index (χ1) is 9.31. The van der Waals surface area contributed by atoms with Crippen molar-refractivity contribution in [2.45, 2.75) is 32.1 Å². The van der Waals surface area contributed by atoms with E-state index in [-0.39, 0.29) is 5.92 Å². The minimum atomic E-state index is 0.0115. The first-order valence-corrected chi connectivity index (χ1v) is 7.78. The molecule has 0 spiro atoms. The second kappa shape index (κ2) is 7.23. The van der Waals surface area contributed by atoms with Gasteiger partial charge in [0.25, 0.3) is 0 Å². The molecule has 2 rings (SSSR count). The minimum absolute atomic E-state index is 0.0115. The summed E-state index contributed by atoms with van der Waals surface area (Å²) in [6.45, 7) is 2.01. The molecule has 0 bridgehead atoms. The van der Waals surface area contributed by atoms with Crippen LogP contribution in [0.4, 0.5) is 0 Å². The number of thioether (sulfide) groups is 1. The lowest BCUT2D eigenvalue weighted by Crippen LogP contribution is -2.01. The van der Waals surface area contributed by atoms with E-state index in [1.54, 1.807) is 18.6 Å². The molecule has 102 valence electrons. The Kier molecular flexibility index (Phi) is 5.32. The normalized spacial score (nSPS) is 12.5. The van der Waals surface area contributed by atoms with Crippen LogP contribution in [0.25, 0.3) is 0 Å². The van der Waals surface area contributed by atoms with Gasteiger partial charge in [-0.25, -0.2) is 0 Å². The fraction of sp³-hybridized carbons (Fsp3) is 0.538. The van der Waals surface area contributed by atoms with Crippen molar-refractivity contribution >= 4 is 11.8 Å². The van der Waals surface area contributed by atoms with Gasteiger partial charge in [0, 0.05) is 25.0 Å². The van der Waals surface area contributed by atoms with Gasteiger partial charge in [-0.2, -0.15) is 16.7 Å². The van der Waals surface area contributed by atoms with E-state index in [4.69, 9.17) is 4.52 Å². The van der Waals surface area contributed by atoms with E-state index in [0.29, 0.717) is 11.7 Å². The lowest BCUT2D eigenvalue weighted by Gasteiger charge is -2.03.